The van der Waals surface area contributed by atoms with E-state index in [2.05, 4.69) is 31.9 Å². The lowest BCUT2D eigenvalue weighted by molar-refractivity contribution is -0.131. The Morgan fingerprint density at radius 1 is 1.12 bits per heavy atom. The summed E-state index contributed by atoms with van der Waals surface area (Å²) in [5, 5.41) is 10.1. The molecule has 0 fully saturated rings. The van der Waals surface area contributed by atoms with E-state index in [1.165, 1.54) is 12.1 Å². The Morgan fingerprint density at radius 3 is 2.33 bits per heavy atom. The van der Waals surface area contributed by atoms with E-state index in [0.29, 0.717) is 26.7 Å². The molecular weight excluding hydrogens is 489 g/mol. The van der Waals surface area contributed by atoms with Crippen LogP contribution < -0.4 is 10.5 Å². The van der Waals surface area contributed by atoms with Gasteiger partial charge in [-0.1, -0.05) is 23.2 Å². The third kappa shape index (κ3) is 4.42. The third-order valence-corrected chi connectivity index (χ3v) is 5.36. The van der Waals surface area contributed by atoms with Crippen molar-refractivity contribution in [2.24, 2.45) is 5.73 Å². The second-order valence-electron chi connectivity index (χ2n) is 4.67. The van der Waals surface area contributed by atoms with Gasteiger partial charge in [-0.05, 0) is 44.0 Å². The Kier molecular flexibility index (Phi) is 6.14. The fraction of sp³-hybridized carbons (Fsp3) is 0.0667. The maximum Gasteiger partial charge on any atom is 0.315 e. The van der Waals surface area contributed by atoms with E-state index >= 15 is 0 Å². The minimum atomic E-state index is -0.690. The van der Waals surface area contributed by atoms with E-state index in [1.807, 2.05) is 6.07 Å². The molecule has 0 radical (unpaired) electrons. The van der Waals surface area contributed by atoms with Gasteiger partial charge in [0.15, 0.2) is 0 Å². The molecular formula is C15H9Br2Cl2NO4. The lowest BCUT2D eigenvalue weighted by Gasteiger charge is -2.02. The zero-order valence-corrected chi connectivity index (χ0v) is 16.5. The van der Waals surface area contributed by atoms with Crippen molar-refractivity contribution in [3.8, 4) is 11.5 Å². The molecule has 0 aliphatic carbocycles. The van der Waals surface area contributed by atoms with Crippen LogP contribution in [0, 0.1) is 0 Å². The average Bonchev–Trinajstić information content (AvgIpc) is 2.83. The second kappa shape index (κ2) is 7.74. The minimum Gasteiger partial charge on any atom is -0.507 e. The van der Waals surface area contributed by atoms with Gasteiger partial charge in [0.05, 0.1) is 22.0 Å². The van der Waals surface area contributed by atoms with Crippen LogP contribution in [0.1, 0.15) is 15.9 Å². The van der Waals surface area contributed by atoms with Crippen molar-refractivity contribution >= 4 is 66.9 Å². The Bertz CT molecular complexity index is 810. The van der Waals surface area contributed by atoms with Gasteiger partial charge < -0.3 is 15.6 Å². The van der Waals surface area contributed by atoms with Gasteiger partial charge in [0.25, 0.3) is 5.91 Å². The number of hydrogen-bond acceptors (Lipinski definition) is 4. The summed E-state index contributed by atoms with van der Waals surface area (Å²) in [6.07, 6.45) is 0.338. The maximum atomic E-state index is 10.8. The Morgan fingerprint density at radius 2 is 1.71 bits per heavy atom. The molecule has 5 nitrogen and oxygen atoms in total. The number of rotatable bonds is 1. The SMILES string of the molecule is NC(=O)c1cc(Br)c(Cl)cc1O.O=C1Cc2cc(Br)c(Cl)cc2O1. The van der Waals surface area contributed by atoms with Gasteiger partial charge in [-0.25, -0.2) is 0 Å². The van der Waals surface area contributed by atoms with Crippen LogP contribution in [-0.2, 0) is 11.2 Å². The first-order chi connectivity index (χ1) is 11.2. The average molecular weight is 498 g/mol. The highest BCUT2D eigenvalue weighted by Gasteiger charge is 2.21. The van der Waals surface area contributed by atoms with Gasteiger partial charge in [-0.3, -0.25) is 9.59 Å². The summed E-state index contributed by atoms with van der Waals surface area (Å²) in [4.78, 5) is 21.5. The molecule has 0 unspecified atom stereocenters. The van der Waals surface area contributed by atoms with Crippen LogP contribution in [0.3, 0.4) is 0 Å². The summed E-state index contributed by atoms with van der Waals surface area (Å²) in [6, 6.07) is 6.08. The first-order valence-corrected chi connectivity index (χ1v) is 8.69. The maximum absolute atomic E-state index is 10.8. The molecule has 1 heterocycles. The number of hydrogen-bond donors (Lipinski definition) is 2. The van der Waals surface area contributed by atoms with Gasteiger partial charge in [-0.2, -0.15) is 0 Å². The van der Waals surface area contributed by atoms with Gasteiger partial charge >= 0.3 is 5.97 Å². The zero-order chi connectivity index (χ0) is 18.0. The predicted molar refractivity (Wildman–Crippen MR) is 97.8 cm³/mol. The number of aromatic hydroxyl groups is 1. The molecule has 0 saturated carbocycles. The van der Waals surface area contributed by atoms with Crippen LogP contribution in [0.4, 0.5) is 0 Å². The summed E-state index contributed by atoms with van der Waals surface area (Å²) in [5.41, 5.74) is 5.90. The number of nitrogens with two attached hydrogens (primary N) is 1. The highest BCUT2D eigenvalue weighted by atomic mass is 79.9. The quantitative estimate of drug-likeness (QED) is 0.449. The molecule has 0 atom stereocenters. The van der Waals surface area contributed by atoms with Crippen LogP contribution in [0.15, 0.2) is 33.2 Å². The van der Waals surface area contributed by atoms with E-state index in [-0.39, 0.29) is 17.3 Å². The third-order valence-electron chi connectivity index (χ3n) is 2.97. The molecule has 126 valence electrons. The smallest absolute Gasteiger partial charge is 0.315 e. The fourth-order valence-corrected chi connectivity index (χ4v) is 2.90. The number of esters is 1. The predicted octanol–water partition coefficient (Wildman–Crippen LogP) is 4.47. The highest BCUT2D eigenvalue weighted by molar-refractivity contribution is 9.10. The number of phenols is 1. The summed E-state index contributed by atoms with van der Waals surface area (Å²) >= 11 is 17.8. The van der Waals surface area contributed by atoms with Crippen LogP contribution in [0.5, 0.6) is 11.5 Å². The number of ether oxygens (including phenoxy) is 1. The highest BCUT2D eigenvalue weighted by Crippen LogP contribution is 2.34. The lowest BCUT2D eigenvalue weighted by atomic mass is 10.2. The summed E-state index contributed by atoms with van der Waals surface area (Å²) in [6.45, 7) is 0. The minimum absolute atomic E-state index is 0.0475. The van der Waals surface area contributed by atoms with E-state index in [0.717, 1.165) is 10.0 Å². The van der Waals surface area contributed by atoms with Crippen molar-refractivity contribution in [3.63, 3.8) is 0 Å². The summed E-state index contributed by atoms with van der Waals surface area (Å²) in [7, 11) is 0. The van der Waals surface area contributed by atoms with Gasteiger partial charge in [0.1, 0.15) is 11.5 Å². The van der Waals surface area contributed by atoms with Crippen molar-refractivity contribution in [2.75, 3.05) is 0 Å². The normalized spacial score (nSPS) is 12.1. The number of halogens is 4. The van der Waals surface area contributed by atoms with E-state index < -0.39 is 5.91 Å². The van der Waals surface area contributed by atoms with Crippen LogP contribution in [-0.4, -0.2) is 17.0 Å². The molecule has 3 N–H and O–H groups in total. The largest absolute Gasteiger partial charge is 0.507 e. The second-order valence-corrected chi connectivity index (χ2v) is 7.20. The molecule has 0 saturated heterocycles. The molecule has 3 rings (SSSR count). The van der Waals surface area contributed by atoms with E-state index in [1.54, 1.807) is 6.07 Å². The molecule has 24 heavy (non-hydrogen) atoms. The van der Waals surface area contributed by atoms with Crippen molar-refractivity contribution in [1.82, 2.24) is 0 Å². The molecule has 2 aromatic rings. The Hall–Kier alpha value is -1.28. The molecule has 1 amide bonds. The Labute approximate surface area is 163 Å². The van der Waals surface area contributed by atoms with Crippen molar-refractivity contribution in [2.45, 2.75) is 6.42 Å². The number of amides is 1. The van der Waals surface area contributed by atoms with Crippen molar-refractivity contribution < 1.29 is 19.4 Å². The number of benzene rings is 2. The monoisotopic (exact) mass is 495 g/mol. The molecule has 9 heteroatoms. The number of primary amides is 1. The fourth-order valence-electron chi connectivity index (χ4n) is 1.85. The van der Waals surface area contributed by atoms with Gasteiger partial charge in [-0.15, -0.1) is 0 Å². The Balaban J connectivity index is 0.000000174. The number of carbonyl (C=O) groups excluding carboxylic acids is 2. The molecule has 2 aromatic carbocycles. The molecule has 0 bridgehead atoms. The van der Waals surface area contributed by atoms with Crippen LogP contribution in [0.25, 0.3) is 0 Å². The summed E-state index contributed by atoms with van der Waals surface area (Å²) in [5.74, 6) is -0.548. The van der Waals surface area contributed by atoms with E-state index in [4.69, 9.17) is 33.7 Å². The number of carbonyl (C=O) groups is 2. The number of fused-ring (bicyclic) bond motifs is 1. The zero-order valence-electron chi connectivity index (χ0n) is 11.8. The first-order valence-electron chi connectivity index (χ1n) is 6.35. The first kappa shape index (κ1) is 19.1. The lowest BCUT2D eigenvalue weighted by Crippen LogP contribution is -2.11. The van der Waals surface area contributed by atoms with Crippen LogP contribution >= 0.6 is 55.1 Å². The molecule has 0 aromatic heterocycles. The van der Waals surface area contributed by atoms with Crippen molar-refractivity contribution in [1.29, 1.82) is 0 Å². The van der Waals surface area contributed by atoms with Crippen LogP contribution in [0.2, 0.25) is 10.0 Å². The van der Waals surface area contributed by atoms with Gasteiger partial charge in [0, 0.05) is 26.6 Å². The summed E-state index contributed by atoms with van der Waals surface area (Å²) < 4.78 is 6.22. The van der Waals surface area contributed by atoms with E-state index in [9.17, 15) is 14.7 Å². The topological polar surface area (TPSA) is 89.6 Å². The van der Waals surface area contributed by atoms with Gasteiger partial charge in [0.2, 0.25) is 0 Å². The standard InChI is InChI=1S/C8H4BrClO2.C7H5BrClNO2/c9-5-1-4-2-8(11)12-7(4)3-6(5)10;8-4-1-3(7(10)12)6(11)2-5(4)9/h1,3H,2H2;1-2,11H,(H2,10,12). The molecule has 0 spiro atoms. The molecule has 1 aliphatic rings. The molecule has 1 aliphatic heterocycles. The van der Waals surface area contributed by atoms with Crippen molar-refractivity contribution in [3.05, 3.63) is 54.4 Å².